The molecule has 1 heterocycles. The van der Waals surface area contributed by atoms with Crippen LogP contribution in [0.4, 0.5) is 0 Å². The largest absolute Gasteiger partial charge is 0.396 e. The first-order chi connectivity index (χ1) is 11.5. The SMILES string of the molecule is CCC(C(C)O)N1C(=O)C(CCCO)CCC1c1ccc(Cl)cc1. The molecule has 4 unspecified atom stereocenters. The second kappa shape index (κ2) is 8.84. The van der Waals surface area contributed by atoms with Gasteiger partial charge in [0.25, 0.3) is 0 Å². The number of nitrogens with zero attached hydrogens (tertiary/aromatic N) is 1. The monoisotopic (exact) mass is 353 g/mol. The van der Waals surface area contributed by atoms with Crippen LogP contribution in [0.2, 0.25) is 5.02 Å². The van der Waals surface area contributed by atoms with Crippen LogP contribution in [0.15, 0.2) is 24.3 Å². The molecule has 0 spiro atoms. The van der Waals surface area contributed by atoms with Gasteiger partial charge in [-0.25, -0.2) is 0 Å². The zero-order valence-electron chi connectivity index (χ0n) is 14.5. The summed E-state index contributed by atoms with van der Waals surface area (Å²) in [6, 6.07) is 7.41. The summed E-state index contributed by atoms with van der Waals surface area (Å²) in [4.78, 5) is 15.0. The Bertz CT molecular complexity index is 532. The van der Waals surface area contributed by atoms with Gasteiger partial charge < -0.3 is 15.1 Å². The minimum absolute atomic E-state index is 0.0281. The molecule has 1 amide bonds. The molecule has 5 heteroatoms. The highest BCUT2D eigenvalue weighted by Crippen LogP contribution is 2.38. The Morgan fingerprint density at radius 3 is 2.50 bits per heavy atom. The number of likely N-dealkylation sites (tertiary alicyclic amines) is 1. The van der Waals surface area contributed by atoms with E-state index in [1.807, 2.05) is 36.1 Å². The highest BCUT2D eigenvalue weighted by Gasteiger charge is 2.40. The highest BCUT2D eigenvalue weighted by molar-refractivity contribution is 6.30. The summed E-state index contributed by atoms with van der Waals surface area (Å²) >= 11 is 5.99. The Labute approximate surface area is 149 Å². The number of halogens is 1. The molecule has 1 aromatic rings. The van der Waals surface area contributed by atoms with Gasteiger partial charge in [0, 0.05) is 17.5 Å². The number of rotatable bonds is 7. The lowest BCUT2D eigenvalue weighted by atomic mass is 9.84. The Morgan fingerprint density at radius 2 is 1.96 bits per heavy atom. The fraction of sp³-hybridized carbons (Fsp3) is 0.632. The number of amides is 1. The lowest BCUT2D eigenvalue weighted by molar-refractivity contribution is -0.149. The summed E-state index contributed by atoms with van der Waals surface area (Å²) in [5.41, 5.74) is 1.06. The Morgan fingerprint density at radius 1 is 1.29 bits per heavy atom. The number of aliphatic hydroxyl groups excluding tert-OH is 2. The number of hydrogen-bond donors (Lipinski definition) is 2. The van der Waals surface area contributed by atoms with E-state index < -0.39 is 6.10 Å². The third-order valence-corrected chi connectivity index (χ3v) is 5.28. The first-order valence-electron chi connectivity index (χ1n) is 8.86. The van der Waals surface area contributed by atoms with Crippen LogP contribution in [0.5, 0.6) is 0 Å². The van der Waals surface area contributed by atoms with Gasteiger partial charge in [-0.15, -0.1) is 0 Å². The summed E-state index contributed by atoms with van der Waals surface area (Å²) in [5.74, 6) is 0.0379. The standard InChI is InChI=1S/C19H28ClNO3/c1-3-17(13(2)23)21-18(14-6-9-16(20)10-7-14)11-8-15(19(21)24)5-4-12-22/h6-7,9-10,13,15,17-18,22-23H,3-5,8,11-12H2,1-2H3. The molecule has 0 aromatic heterocycles. The molecule has 0 bridgehead atoms. The molecule has 134 valence electrons. The maximum absolute atomic E-state index is 13.1. The molecule has 4 atom stereocenters. The van der Waals surface area contributed by atoms with Crippen LogP contribution in [0.25, 0.3) is 0 Å². The summed E-state index contributed by atoms with van der Waals surface area (Å²) in [6.45, 7) is 3.86. The molecule has 4 nitrogen and oxygen atoms in total. The number of hydrogen-bond acceptors (Lipinski definition) is 3. The van der Waals surface area contributed by atoms with Gasteiger partial charge in [-0.3, -0.25) is 4.79 Å². The zero-order valence-corrected chi connectivity index (χ0v) is 15.2. The first-order valence-corrected chi connectivity index (χ1v) is 9.24. The quantitative estimate of drug-likeness (QED) is 0.788. The van der Waals surface area contributed by atoms with Crippen molar-refractivity contribution in [3.63, 3.8) is 0 Å². The smallest absolute Gasteiger partial charge is 0.226 e. The summed E-state index contributed by atoms with van der Waals surface area (Å²) < 4.78 is 0. The summed E-state index contributed by atoms with van der Waals surface area (Å²) in [6.07, 6.45) is 3.16. The van der Waals surface area contributed by atoms with Crippen molar-refractivity contribution in [2.75, 3.05) is 6.61 Å². The maximum Gasteiger partial charge on any atom is 0.226 e. The van der Waals surface area contributed by atoms with Crippen molar-refractivity contribution in [1.82, 2.24) is 4.90 Å². The normalized spacial score (nSPS) is 24.0. The van der Waals surface area contributed by atoms with Crippen LogP contribution in [0, 0.1) is 5.92 Å². The van der Waals surface area contributed by atoms with E-state index in [9.17, 15) is 9.90 Å². The zero-order chi connectivity index (χ0) is 17.7. The van der Waals surface area contributed by atoms with Crippen LogP contribution in [0.3, 0.4) is 0 Å². The molecular weight excluding hydrogens is 326 g/mol. The van der Waals surface area contributed by atoms with E-state index in [-0.39, 0.29) is 30.5 Å². The molecule has 1 fully saturated rings. The molecule has 0 radical (unpaired) electrons. The number of benzene rings is 1. The predicted octanol–water partition coefficient (Wildman–Crippen LogP) is 3.55. The van der Waals surface area contributed by atoms with Crippen molar-refractivity contribution in [3.8, 4) is 0 Å². The van der Waals surface area contributed by atoms with Gasteiger partial charge in [0.2, 0.25) is 5.91 Å². The first kappa shape index (κ1) is 19.2. The van der Waals surface area contributed by atoms with E-state index in [4.69, 9.17) is 16.7 Å². The van der Waals surface area contributed by atoms with Crippen LogP contribution in [-0.2, 0) is 4.79 Å². The maximum atomic E-state index is 13.1. The highest BCUT2D eigenvalue weighted by atomic mass is 35.5. The van der Waals surface area contributed by atoms with Crippen molar-refractivity contribution in [2.45, 2.75) is 64.1 Å². The number of aliphatic hydroxyl groups is 2. The van der Waals surface area contributed by atoms with Crippen molar-refractivity contribution in [3.05, 3.63) is 34.9 Å². The molecule has 1 aliphatic rings. The summed E-state index contributed by atoms with van der Waals surface area (Å²) in [5, 5.41) is 19.9. The molecule has 0 saturated carbocycles. The fourth-order valence-electron chi connectivity index (χ4n) is 3.77. The molecule has 1 aliphatic heterocycles. The van der Waals surface area contributed by atoms with Gasteiger partial charge in [-0.1, -0.05) is 30.7 Å². The van der Waals surface area contributed by atoms with Gasteiger partial charge >= 0.3 is 0 Å². The predicted molar refractivity (Wildman–Crippen MR) is 95.8 cm³/mol. The van der Waals surface area contributed by atoms with Crippen molar-refractivity contribution >= 4 is 17.5 Å². The second-order valence-corrected chi connectivity index (χ2v) is 7.11. The number of carbonyl (C=O) groups excluding carboxylic acids is 1. The molecule has 2 rings (SSSR count). The Hall–Kier alpha value is -1.10. The van der Waals surface area contributed by atoms with Crippen LogP contribution in [-0.4, -0.2) is 39.8 Å². The topological polar surface area (TPSA) is 60.8 Å². The average molecular weight is 354 g/mol. The Kier molecular flexibility index (Phi) is 7.08. The lowest BCUT2D eigenvalue weighted by Crippen LogP contribution is -2.52. The van der Waals surface area contributed by atoms with E-state index >= 15 is 0 Å². The van der Waals surface area contributed by atoms with E-state index in [1.165, 1.54) is 0 Å². The average Bonchev–Trinajstić information content (AvgIpc) is 2.56. The molecular formula is C19H28ClNO3. The van der Waals surface area contributed by atoms with Crippen molar-refractivity contribution in [2.24, 2.45) is 5.92 Å². The van der Waals surface area contributed by atoms with E-state index in [0.717, 1.165) is 18.4 Å². The van der Waals surface area contributed by atoms with Crippen LogP contribution < -0.4 is 0 Å². The van der Waals surface area contributed by atoms with Gasteiger partial charge in [0.1, 0.15) is 0 Å². The fourth-order valence-corrected chi connectivity index (χ4v) is 3.89. The molecule has 1 aromatic carbocycles. The van der Waals surface area contributed by atoms with E-state index in [1.54, 1.807) is 6.92 Å². The second-order valence-electron chi connectivity index (χ2n) is 6.67. The van der Waals surface area contributed by atoms with Crippen LogP contribution in [0.1, 0.15) is 57.6 Å². The third-order valence-electron chi connectivity index (χ3n) is 5.03. The number of piperidine rings is 1. The third kappa shape index (κ3) is 4.29. The number of carbonyl (C=O) groups is 1. The molecule has 24 heavy (non-hydrogen) atoms. The van der Waals surface area contributed by atoms with Gasteiger partial charge in [-0.05, 0) is 56.7 Å². The van der Waals surface area contributed by atoms with Gasteiger partial charge in [0.15, 0.2) is 0 Å². The van der Waals surface area contributed by atoms with Crippen LogP contribution >= 0.6 is 11.6 Å². The minimum Gasteiger partial charge on any atom is -0.396 e. The van der Waals surface area contributed by atoms with Crippen molar-refractivity contribution in [1.29, 1.82) is 0 Å². The molecule has 2 N–H and O–H groups in total. The van der Waals surface area contributed by atoms with Crippen molar-refractivity contribution < 1.29 is 15.0 Å². The van der Waals surface area contributed by atoms with E-state index in [0.29, 0.717) is 24.3 Å². The van der Waals surface area contributed by atoms with Gasteiger partial charge in [0.05, 0.1) is 18.2 Å². The summed E-state index contributed by atoms with van der Waals surface area (Å²) in [7, 11) is 0. The lowest BCUT2D eigenvalue weighted by Gasteiger charge is -2.45. The molecule has 1 saturated heterocycles. The minimum atomic E-state index is -0.578. The molecule has 0 aliphatic carbocycles. The van der Waals surface area contributed by atoms with E-state index in [2.05, 4.69) is 0 Å². The Balaban J connectivity index is 2.31. The van der Waals surface area contributed by atoms with Gasteiger partial charge in [-0.2, -0.15) is 0 Å².